The molecule has 0 saturated carbocycles. The maximum Gasteiger partial charge on any atom is 0.271 e. The molecule has 0 unspecified atom stereocenters. The first-order chi connectivity index (χ1) is 16.0. The molecule has 0 aliphatic carbocycles. The van der Waals surface area contributed by atoms with E-state index >= 15 is 4.39 Å². The molecular weight excluding hydrogens is 441 g/mol. The fraction of sp³-hybridized carbons (Fsp3) is 0.320. The van der Waals surface area contributed by atoms with Gasteiger partial charge in [0.15, 0.2) is 0 Å². The first kappa shape index (κ1) is 23.1. The number of nitrogens with one attached hydrogen (secondary N) is 1. The first-order valence-electron chi connectivity index (χ1n) is 10.9. The van der Waals surface area contributed by atoms with E-state index in [4.69, 9.17) is 4.74 Å². The highest BCUT2D eigenvalue weighted by molar-refractivity contribution is 7.13. The number of halogens is 1. The summed E-state index contributed by atoms with van der Waals surface area (Å²) in [5.74, 6) is -1.45. The van der Waals surface area contributed by atoms with Gasteiger partial charge in [-0.15, -0.1) is 11.3 Å². The Kier molecular flexibility index (Phi) is 7.15. The summed E-state index contributed by atoms with van der Waals surface area (Å²) in [7, 11) is 0. The van der Waals surface area contributed by atoms with Gasteiger partial charge in [0, 0.05) is 13.2 Å². The number of ether oxygens (including phenoxy) is 1. The van der Waals surface area contributed by atoms with E-state index in [9.17, 15) is 9.59 Å². The molecule has 0 spiro atoms. The van der Waals surface area contributed by atoms with Gasteiger partial charge in [0.1, 0.15) is 16.7 Å². The number of benzene rings is 2. The lowest BCUT2D eigenvalue weighted by atomic mass is 10.0. The highest BCUT2D eigenvalue weighted by Crippen LogP contribution is 2.33. The Morgan fingerprint density at radius 2 is 1.91 bits per heavy atom. The van der Waals surface area contributed by atoms with Crippen LogP contribution in [0.25, 0.3) is 0 Å². The van der Waals surface area contributed by atoms with E-state index in [2.05, 4.69) is 10.3 Å². The van der Waals surface area contributed by atoms with Crippen molar-refractivity contribution in [2.24, 2.45) is 0 Å². The third kappa shape index (κ3) is 5.12. The van der Waals surface area contributed by atoms with E-state index in [1.165, 1.54) is 28.4 Å². The van der Waals surface area contributed by atoms with Gasteiger partial charge in [0.05, 0.1) is 22.5 Å². The van der Waals surface area contributed by atoms with Crippen molar-refractivity contribution in [3.8, 4) is 0 Å². The van der Waals surface area contributed by atoms with Crippen LogP contribution in [-0.4, -0.2) is 36.1 Å². The van der Waals surface area contributed by atoms with Crippen molar-refractivity contribution in [3.05, 3.63) is 81.6 Å². The van der Waals surface area contributed by atoms with Gasteiger partial charge in [-0.3, -0.25) is 14.5 Å². The number of anilines is 1. The Morgan fingerprint density at radius 3 is 2.55 bits per heavy atom. The van der Waals surface area contributed by atoms with Crippen molar-refractivity contribution in [1.29, 1.82) is 0 Å². The molecule has 8 heteroatoms. The molecular formula is C25H26FN3O3S. The molecule has 1 aliphatic heterocycles. The number of carbonyl (C=O) groups excluding carboxylic acids is 2. The van der Waals surface area contributed by atoms with E-state index in [0.29, 0.717) is 29.3 Å². The molecule has 2 aromatic carbocycles. The predicted octanol–water partition coefficient (Wildman–Crippen LogP) is 4.58. The average Bonchev–Trinajstić information content (AvgIpc) is 3.45. The van der Waals surface area contributed by atoms with Crippen LogP contribution in [0.3, 0.4) is 0 Å². The van der Waals surface area contributed by atoms with Crippen molar-refractivity contribution in [3.63, 3.8) is 0 Å². The number of hydrogen-bond donors (Lipinski definition) is 1. The summed E-state index contributed by atoms with van der Waals surface area (Å²) in [6.45, 7) is 4.56. The van der Waals surface area contributed by atoms with E-state index in [1.807, 2.05) is 13.0 Å². The lowest BCUT2D eigenvalue weighted by Crippen LogP contribution is -2.46. The standard InChI is InChI=1S/C25H26FN3O3S/c1-16-23(33-17(2)28-16)25(31)29(21-13-7-6-12-20(21)26)22(18-9-4-3-5-10-18)24(30)27-15-19-11-8-14-32-19/h3-7,9-10,12-13,19,22H,8,11,14-15H2,1-2H3,(H,27,30)/t19-,22+/m1/s1. The average molecular weight is 468 g/mol. The number of nitrogens with zero attached hydrogens (tertiary/aromatic N) is 2. The van der Waals surface area contributed by atoms with Crippen LogP contribution in [0.1, 0.15) is 44.8 Å². The minimum absolute atomic E-state index is 0.0362. The minimum Gasteiger partial charge on any atom is -0.376 e. The van der Waals surface area contributed by atoms with Gasteiger partial charge >= 0.3 is 0 Å². The van der Waals surface area contributed by atoms with Gasteiger partial charge in [0.25, 0.3) is 5.91 Å². The topological polar surface area (TPSA) is 71.5 Å². The molecule has 33 heavy (non-hydrogen) atoms. The summed E-state index contributed by atoms with van der Waals surface area (Å²) in [5.41, 5.74) is 1.17. The fourth-order valence-corrected chi connectivity index (χ4v) is 4.88. The SMILES string of the molecule is Cc1nc(C)c(C(=O)N(c2ccccc2F)[C@H](C(=O)NC[C@H]2CCCO2)c2ccccc2)s1. The molecule has 6 nitrogen and oxygen atoms in total. The van der Waals surface area contributed by atoms with Crippen molar-refractivity contribution in [1.82, 2.24) is 10.3 Å². The molecule has 1 saturated heterocycles. The molecule has 1 aromatic heterocycles. The quantitative estimate of drug-likeness (QED) is 0.552. The maximum atomic E-state index is 15.0. The molecule has 1 fully saturated rings. The zero-order valence-corrected chi connectivity index (χ0v) is 19.4. The second kappa shape index (κ2) is 10.2. The van der Waals surface area contributed by atoms with Gasteiger partial charge in [-0.2, -0.15) is 0 Å². The molecule has 0 radical (unpaired) electrons. The molecule has 3 aromatic rings. The molecule has 0 bridgehead atoms. The zero-order chi connectivity index (χ0) is 23.4. The highest BCUT2D eigenvalue weighted by atomic mass is 32.1. The molecule has 2 heterocycles. The van der Waals surface area contributed by atoms with E-state index in [1.54, 1.807) is 43.3 Å². The van der Waals surface area contributed by atoms with Crippen LogP contribution in [0, 0.1) is 19.7 Å². The van der Waals surface area contributed by atoms with E-state index in [0.717, 1.165) is 17.8 Å². The number of hydrogen-bond acceptors (Lipinski definition) is 5. The molecule has 4 rings (SSSR count). The van der Waals surface area contributed by atoms with Crippen LogP contribution in [0.5, 0.6) is 0 Å². The summed E-state index contributed by atoms with van der Waals surface area (Å²) in [6, 6.07) is 13.9. The summed E-state index contributed by atoms with van der Waals surface area (Å²) >= 11 is 1.23. The maximum absolute atomic E-state index is 15.0. The lowest BCUT2D eigenvalue weighted by Gasteiger charge is -2.31. The number of amides is 2. The summed E-state index contributed by atoms with van der Waals surface area (Å²) in [5, 5.41) is 3.65. The van der Waals surface area contributed by atoms with Gasteiger partial charge in [-0.05, 0) is 44.4 Å². The Morgan fingerprint density at radius 1 is 1.18 bits per heavy atom. The van der Waals surface area contributed by atoms with Crippen molar-refractivity contribution >= 4 is 28.8 Å². The molecule has 1 N–H and O–H groups in total. The largest absolute Gasteiger partial charge is 0.376 e. The Labute approximate surface area is 196 Å². The summed E-state index contributed by atoms with van der Waals surface area (Å²) in [4.78, 5) is 33.4. The second-order valence-electron chi connectivity index (χ2n) is 7.97. The van der Waals surface area contributed by atoms with Crippen molar-refractivity contribution in [2.75, 3.05) is 18.1 Å². The van der Waals surface area contributed by atoms with Crippen LogP contribution >= 0.6 is 11.3 Å². The van der Waals surface area contributed by atoms with Gasteiger partial charge in [-0.1, -0.05) is 42.5 Å². The van der Waals surface area contributed by atoms with Crippen molar-refractivity contribution < 1.29 is 18.7 Å². The van der Waals surface area contributed by atoms with E-state index < -0.39 is 23.7 Å². The molecule has 1 aliphatic rings. The molecule has 172 valence electrons. The van der Waals surface area contributed by atoms with Gasteiger partial charge in [-0.25, -0.2) is 9.37 Å². The minimum atomic E-state index is -1.07. The zero-order valence-electron chi connectivity index (χ0n) is 18.6. The number of para-hydroxylation sites is 1. The Bertz CT molecular complexity index is 1130. The van der Waals surface area contributed by atoms with Crippen molar-refractivity contribution in [2.45, 2.75) is 38.8 Å². The van der Waals surface area contributed by atoms with Crippen LogP contribution in [-0.2, 0) is 9.53 Å². The third-order valence-electron chi connectivity index (χ3n) is 5.58. The monoisotopic (exact) mass is 467 g/mol. The van der Waals surface area contributed by atoms with Gasteiger partial charge < -0.3 is 10.1 Å². The number of carbonyl (C=O) groups is 2. The van der Waals surface area contributed by atoms with Crippen LogP contribution in [0.4, 0.5) is 10.1 Å². The second-order valence-corrected chi connectivity index (χ2v) is 9.17. The van der Waals surface area contributed by atoms with Crippen LogP contribution < -0.4 is 10.2 Å². The van der Waals surface area contributed by atoms with Crippen LogP contribution in [0.2, 0.25) is 0 Å². The number of aromatic nitrogens is 1. The smallest absolute Gasteiger partial charge is 0.271 e. The Balaban J connectivity index is 1.78. The number of aryl methyl sites for hydroxylation is 2. The third-order valence-corrected chi connectivity index (χ3v) is 6.64. The number of rotatable bonds is 7. The van der Waals surface area contributed by atoms with Crippen LogP contribution in [0.15, 0.2) is 54.6 Å². The molecule has 2 amide bonds. The Hall–Kier alpha value is -3.10. The summed E-state index contributed by atoms with van der Waals surface area (Å²) < 4.78 is 20.7. The number of thiazole rings is 1. The first-order valence-corrected chi connectivity index (χ1v) is 11.7. The molecule has 2 atom stereocenters. The highest BCUT2D eigenvalue weighted by Gasteiger charge is 2.36. The summed E-state index contributed by atoms with van der Waals surface area (Å²) in [6.07, 6.45) is 1.76. The fourth-order valence-electron chi connectivity index (χ4n) is 4.02. The predicted molar refractivity (Wildman–Crippen MR) is 126 cm³/mol. The lowest BCUT2D eigenvalue weighted by molar-refractivity contribution is -0.123. The van der Waals surface area contributed by atoms with E-state index in [-0.39, 0.29) is 11.8 Å². The van der Waals surface area contributed by atoms with Gasteiger partial charge in [0.2, 0.25) is 5.91 Å². The normalized spacial score (nSPS) is 16.4.